The normalized spacial score (nSPS) is 14.8. The van der Waals surface area contributed by atoms with E-state index in [1.165, 1.54) is 12.1 Å². The Kier molecular flexibility index (Phi) is 7.97. The molecule has 0 radical (unpaired) electrons. The Bertz CT molecular complexity index is 883. The molecule has 3 rings (SSSR count). The molecule has 7 nitrogen and oxygen atoms in total. The van der Waals surface area contributed by atoms with E-state index in [4.69, 9.17) is 4.74 Å². The minimum atomic E-state index is -0.381. The lowest BCUT2D eigenvalue weighted by Crippen LogP contribution is -2.51. The highest BCUT2D eigenvalue weighted by atomic mass is 19.1. The first kappa shape index (κ1) is 22.7. The molecule has 0 aliphatic carbocycles. The van der Waals surface area contributed by atoms with Gasteiger partial charge in [-0.1, -0.05) is 18.2 Å². The standard InChI is InChI=1S/C23H29FN4O3/c1-26(15-18-6-8-21(31-2)9-7-18)23(30)17-28-12-10-27(11-13-28)16-22(29)25-20-5-3-4-19(24)14-20/h3-9,14H,10-13,15-17H2,1-2H3,(H,25,29). The maximum atomic E-state index is 13.2. The van der Waals surface area contributed by atoms with Crippen LogP contribution >= 0.6 is 0 Å². The second-order valence-corrected chi connectivity index (χ2v) is 7.71. The zero-order valence-corrected chi connectivity index (χ0v) is 18.0. The predicted molar refractivity (Wildman–Crippen MR) is 117 cm³/mol. The summed E-state index contributed by atoms with van der Waals surface area (Å²) >= 11 is 0. The molecular weight excluding hydrogens is 399 g/mol. The Labute approximate surface area is 182 Å². The Morgan fingerprint density at radius 3 is 2.29 bits per heavy atom. The van der Waals surface area contributed by atoms with Crippen LogP contribution in [-0.2, 0) is 16.1 Å². The number of likely N-dealkylation sites (N-methyl/N-ethyl adjacent to an activating group) is 1. The Morgan fingerprint density at radius 1 is 1.03 bits per heavy atom. The number of hydrogen-bond acceptors (Lipinski definition) is 5. The van der Waals surface area contributed by atoms with Crippen molar-refractivity contribution in [2.24, 2.45) is 0 Å². The average molecular weight is 429 g/mol. The molecule has 0 unspecified atom stereocenters. The third-order valence-electron chi connectivity index (χ3n) is 5.30. The first-order chi connectivity index (χ1) is 14.9. The van der Waals surface area contributed by atoms with E-state index in [1.54, 1.807) is 31.2 Å². The molecule has 8 heteroatoms. The van der Waals surface area contributed by atoms with E-state index >= 15 is 0 Å². The van der Waals surface area contributed by atoms with Gasteiger partial charge < -0.3 is 15.0 Å². The fourth-order valence-electron chi connectivity index (χ4n) is 3.48. The predicted octanol–water partition coefficient (Wildman–Crippen LogP) is 2.05. The number of nitrogens with zero attached hydrogens (tertiary/aromatic N) is 3. The molecule has 1 saturated heterocycles. The van der Waals surface area contributed by atoms with Gasteiger partial charge in [-0.2, -0.15) is 0 Å². The monoisotopic (exact) mass is 428 g/mol. The second kappa shape index (κ2) is 10.9. The molecule has 1 aliphatic rings. The van der Waals surface area contributed by atoms with E-state index in [0.717, 1.165) is 24.4 Å². The number of carbonyl (C=O) groups is 2. The number of halogens is 1. The molecule has 2 aromatic carbocycles. The highest BCUT2D eigenvalue weighted by Crippen LogP contribution is 2.13. The van der Waals surface area contributed by atoms with Crippen molar-refractivity contribution in [3.05, 3.63) is 59.9 Å². The van der Waals surface area contributed by atoms with E-state index in [9.17, 15) is 14.0 Å². The number of methoxy groups -OCH3 is 1. The minimum Gasteiger partial charge on any atom is -0.497 e. The van der Waals surface area contributed by atoms with Crippen LogP contribution in [0.5, 0.6) is 5.75 Å². The van der Waals surface area contributed by atoms with Crippen LogP contribution < -0.4 is 10.1 Å². The third kappa shape index (κ3) is 7.04. The largest absolute Gasteiger partial charge is 0.497 e. The van der Waals surface area contributed by atoms with Crippen molar-refractivity contribution >= 4 is 17.5 Å². The summed E-state index contributed by atoms with van der Waals surface area (Å²) < 4.78 is 18.4. The molecule has 1 aliphatic heterocycles. The van der Waals surface area contributed by atoms with E-state index < -0.39 is 0 Å². The first-order valence-corrected chi connectivity index (χ1v) is 10.3. The van der Waals surface area contributed by atoms with Crippen molar-refractivity contribution < 1.29 is 18.7 Å². The van der Waals surface area contributed by atoms with E-state index in [0.29, 0.717) is 31.9 Å². The number of anilines is 1. The molecule has 1 fully saturated rings. The van der Waals surface area contributed by atoms with Gasteiger partial charge >= 0.3 is 0 Å². The summed E-state index contributed by atoms with van der Waals surface area (Å²) in [5, 5.41) is 2.72. The molecular formula is C23H29FN4O3. The summed E-state index contributed by atoms with van der Waals surface area (Å²) in [6.45, 7) is 3.98. The van der Waals surface area contributed by atoms with E-state index in [2.05, 4.69) is 10.2 Å². The highest BCUT2D eigenvalue weighted by Gasteiger charge is 2.22. The molecule has 0 aromatic heterocycles. The van der Waals surface area contributed by atoms with Crippen LogP contribution in [-0.4, -0.2) is 79.9 Å². The molecule has 1 heterocycles. The lowest BCUT2D eigenvalue weighted by Gasteiger charge is -2.34. The topological polar surface area (TPSA) is 65.1 Å². The molecule has 0 bridgehead atoms. The zero-order valence-electron chi connectivity index (χ0n) is 18.0. The van der Waals surface area contributed by atoms with Gasteiger partial charge in [-0.15, -0.1) is 0 Å². The molecule has 0 spiro atoms. The van der Waals surface area contributed by atoms with E-state index in [-0.39, 0.29) is 24.2 Å². The molecule has 31 heavy (non-hydrogen) atoms. The lowest BCUT2D eigenvalue weighted by molar-refractivity contribution is -0.132. The summed E-state index contributed by atoms with van der Waals surface area (Å²) in [7, 11) is 3.43. The number of nitrogens with one attached hydrogen (secondary N) is 1. The van der Waals surface area contributed by atoms with Crippen molar-refractivity contribution in [2.45, 2.75) is 6.54 Å². The fourth-order valence-corrected chi connectivity index (χ4v) is 3.48. The Morgan fingerprint density at radius 2 is 1.68 bits per heavy atom. The number of amides is 2. The summed E-state index contributed by atoms with van der Waals surface area (Å²) in [5.41, 5.74) is 1.50. The van der Waals surface area contributed by atoms with Crippen LogP contribution in [0.4, 0.5) is 10.1 Å². The van der Waals surface area contributed by atoms with Crippen molar-refractivity contribution in [3.63, 3.8) is 0 Å². The number of piperazine rings is 1. The summed E-state index contributed by atoms with van der Waals surface area (Å²) in [6.07, 6.45) is 0. The van der Waals surface area contributed by atoms with Crippen LogP contribution in [0.15, 0.2) is 48.5 Å². The van der Waals surface area contributed by atoms with Crippen LogP contribution in [0.1, 0.15) is 5.56 Å². The van der Waals surface area contributed by atoms with Crippen molar-refractivity contribution in [1.29, 1.82) is 0 Å². The molecule has 166 valence electrons. The van der Waals surface area contributed by atoms with Gasteiger partial charge in [0.2, 0.25) is 11.8 Å². The van der Waals surface area contributed by atoms with Gasteiger partial charge in [0.1, 0.15) is 11.6 Å². The molecule has 0 saturated carbocycles. The molecule has 1 N–H and O–H groups in total. The van der Waals surface area contributed by atoms with Gasteiger partial charge in [-0.3, -0.25) is 19.4 Å². The van der Waals surface area contributed by atoms with Crippen LogP contribution in [0.25, 0.3) is 0 Å². The van der Waals surface area contributed by atoms with Gasteiger partial charge in [0.05, 0.1) is 20.2 Å². The SMILES string of the molecule is COc1ccc(CN(C)C(=O)CN2CCN(CC(=O)Nc3cccc(F)c3)CC2)cc1. The van der Waals surface area contributed by atoms with Crippen LogP contribution in [0, 0.1) is 5.82 Å². The van der Waals surface area contributed by atoms with Crippen molar-refractivity contribution in [3.8, 4) is 5.75 Å². The smallest absolute Gasteiger partial charge is 0.238 e. The number of benzene rings is 2. The van der Waals surface area contributed by atoms with Gasteiger partial charge in [-0.25, -0.2) is 4.39 Å². The quantitative estimate of drug-likeness (QED) is 0.697. The second-order valence-electron chi connectivity index (χ2n) is 7.71. The van der Waals surface area contributed by atoms with Gasteiger partial charge in [0, 0.05) is 45.5 Å². The average Bonchev–Trinajstić information content (AvgIpc) is 2.75. The summed E-state index contributed by atoms with van der Waals surface area (Å²) in [6, 6.07) is 13.5. The lowest BCUT2D eigenvalue weighted by atomic mass is 10.2. The highest BCUT2D eigenvalue weighted by molar-refractivity contribution is 5.92. The van der Waals surface area contributed by atoms with Crippen LogP contribution in [0.2, 0.25) is 0 Å². The van der Waals surface area contributed by atoms with Crippen molar-refractivity contribution in [1.82, 2.24) is 14.7 Å². The third-order valence-corrected chi connectivity index (χ3v) is 5.30. The molecule has 0 atom stereocenters. The first-order valence-electron chi connectivity index (χ1n) is 10.3. The number of ether oxygens (including phenoxy) is 1. The minimum absolute atomic E-state index is 0.0631. The molecule has 2 amide bonds. The fraction of sp³-hybridized carbons (Fsp3) is 0.391. The summed E-state index contributed by atoms with van der Waals surface area (Å²) in [4.78, 5) is 30.6. The molecule has 2 aromatic rings. The van der Waals surface area contributed by atoms with Gasteiger partial charge in [-0.05, 0) is 35.9 Å². The number of carbonyl (C=O) groups excluding carboxylic acids is 2. The van der Waals surface area contributed by atoms with Gasteiger partial charge in [0.25, 0.3) is 0 Å². The Balaban J connectivity index is 1.38. The van der Waals surface area contributed by atoms with Gasteiger partial charge in [0.15, 0.2) is 0 Å². The Hall–Kier alpha value is -2.97. The van der Waals surface area contributed by atoms with Crippen LogP contribution in [0.3, 0.4) is 0 Å². The zero-order chi connectivity index (χ0) is 22.2. The van der Waals surface area contributed by atoms with E-state index in [1.807, 2.05) is 29.2 Å². The maximum Gasteiger partial charge on any atom is 0.238 e. The number of rotatable bonds is 8. The number of hydrogen-bond donors (Lipinski definition) is 1. The maximum absolute atomic E-state index is 13.2. The summed E-state index contributed by atoms with van der Waals surface area (Å²) in [5.74, 6) is 0.302. The van der Waals surface area contributed by atoms with Crippen molar-refractivity contribution in [2.75, 3.05) is 58.7 Å².